The third kappa shape index (κ3) is 3.66. The fraction of sp³-hybridized carbons (Fsp3) is 0.0952. The van der Waals surface area contributed by atoms with Gasteiger partial charge >= 0.3 is 0 Å². The molecule has 0 saturated heterocycles. The average molecular weight is 410 g/mol. The summed E-state index contributed by atoms with van der Waals surface area (Å²) in [6.45, 7) is 0. The van der Waals surface area contributed by atoms with Crippen molar-refractivity contribution in [3.63, 3.8) is 0 Å². The molecule has 0 aliphatic heterocycles. The van der Waals surface area contributed by atoms with Crippen LogP contribution < -0.4 is 9.62 Å². The average Bonchev–Trinajstić information content (AvgIpc) is 3.13. The molecule has 0 saturated carbocycles. The van der Waals surface area contributed by atoms with Crippen molar-refractivity contribution in [1.29, 1.82) is 0 Å². The first-order valence-electron chi connectivity index (χ1n) is 8.87. The second-order valence-corrected chi connectivity index (χ2v) is 8.47. The molecule has 0 spiro atoms. The van der Waals surface area contributed by atoms with Gasteiger partial charge in [-0.2, -0.15) is 0 Å². The minimum absolute atomic E-state index is 0.0180. The highest BCUT2D eigenvalue weighted by Crippen LogP contribution is 2.35. The third-order valence-corrected chi connectivity index (χ3v) is 6.00. The Balaban J connectivity index is 1.81. The van der Waals surface area contributed by atoms with Crippen molar-refractivity contribution in [2.24, 2.45) is 0 Å². The van der Waals surface area contributed by atoms with E-state index in [4.69, 9.17) is 0 Å². The van der Waals surface area contributed by atoms with Crippen LogP contribution in [-0.2, 0) is 10.0 Å². The van der Waals surface area contributed by atoms with E-state index in [2.05, 4.69) is 14.7 Å². The van der Waals surface area contributed by atoms with Gasteiger partial charge in [0.25, 0.3) is 10.0 Å². The molecular formula is C21H19FN4O2S. The lowest BCUT2D eigenvalue weighted by atomic mass is 10.0. The van der Waals surface area contributed by atoms with E-state index in [1.807, 2.05) is 49.5 Å². The zero-order valence-electron chi connectivity index (χ0n) is 15.8. The number of aromatic nitrogens is 2. The number of aromatic amines is 1. The Morgan fingerprint density at radius 3 is 2.55 bits per heavy atom. The van der Waals surface area contributed by atoms with Crippen molar-refractivity contribution in [2.75, 3.05) is 23.7 Å². The summed E-state index contributed by atoms with van der Waals surface area (Å²) in [5, 5.41) is 0.661. The normalized spacial score (nSPS) is 11.6. The largest absolute Gasteiger partial charge is 0.378 e. The van der Waals surface area contributed by atoms with E-state index in [0.29, 0.717) is 16.7 Å². The van der Waals surface area contributed by atoms with Crippen LogP contribution in [0.2, 0.25) is 0 Å². The maximum atomic E-state index is 13.2. The molecule has 4 aromatic rings. The van der Waals surface area contributed by atoms with Gasteiger partial charge in [0.05, 0.1) is 16.0 Å². The maximum absolute atomic E-state index is 13.2. The highest BCUT2D eigenvalue weighted by molar-refractivity contribution is 7.92. The first kappa shape index (κ1) is 18.9. The minimum atomic E-state index is -3.89. The van der Waals surface area contributed by atoms with Gasteiger partial charge < -0.3 is 9.88 Å². The van der Waals surface area contributed by atoms with E-state index in [1.165, 1.54) is 18.3 Å². The highest BCUT2D eigenvalue weighted by Gasteiger charge is 2.19. The number of sulfonamides is 1. The first-order valence-corrected chi connectivity index (χ1v) is 10.4. The second kappa shape index (κ2) is 7.21. The van der Waals surface area contributed by atoms with Crippen molar-refractivity contribution >= 4 is 32.4 Å². The Labute approximate surface area is 168 Å². The summed E-state index contributed by atoms with van der Waals surface area (Å²) in [7, 11) is 0.0264. The van der Waals surface area contributed by atoms with Crippen LogP contribution in [0.1, 0.15) is 0 Å². The zero-order valence-corrected chi connectivity index (χ0v) is 16.7. The van der Waals surface area contributed by atoms with Gasteiger partial charge in [-0.05, 0) is 48.0 Å². The van der Waals surface area contributed by atoms with Crippen molar-refractivity contribution in [3.05, 3.63) is 72.8 Å². The molecule has 0 fully saturated rings. The monoisotopic (exact) mass is 410 g/mol. The number of nitrogens with zero attached hydrogens (tertiary/aromatic N) is 2. The number of nitrogens with one attached hydrogen (secondary N) is 2. The molecule has 2 aromatic carbocycles. The Morgan fingerprint density at radius 1 is 1.07 bits per heavy atom. The zero-order chi connectivity index (χ0) is 20.6. The number of H-pyrrole nitrogens is 1. The Bertz CT molecular complexity index is 1280. The molecule has 0 aliphatic rings. The number of rotatable bonds is 5. The molecule has 0 bridgehead atoms. The summed E-state index contributed by atoms with van der Waals surface area (Å²) in [5.74, 6) is -0.496. The first-order chi connectivity index (χ1) is 13.8. The predicted octanol–water partition coefficient (Wildman–Crippen LogP) is 4.24. The van der Waals surface area contributed by atoms with E-state index in [-0.39, 0.29) is 4.90 Å². The molecular weight excluding hydrogens is 391 g/mol. The van der Waals surface area contributed by atoms with Crippen LogP contribution in [0.3, 0.4) is 0 Å². The summed E-state index contributed by atoms with van der Waals surface area (Å²) in [4.78, 5) is 9.39. The van der Waals surface area contributed by atoms with Crippen molar-refractivity contribution in [3.8, 4) is 11.1 Å². The predicted molar refractivity (Wildman–Crippen MR) is 113 cm³/mol. The Kier molecular flexibility index (Phi) is 4.71. The number of hydrogen-bond acceptors (Lipinski definition) is 4. The van der Waals surface area contributed by atoms with Crippen LogP contribution in [0.15, 0.2) is 71.9 Å². The van der Waals surface area contributed by atoms with E-state index in [9.17, 15) is 12.8 Å². The summed E-state index contributed by atoms with van der Waals surface area (Å²) in [6.07, 6.45) is 3.34. The Morgan fingerprint density at radius 2 is 1.83 bits per heavy atom. The molecule has 0 amide bonds. The third-order valence-electron chi connectivity index (χ3n) is 4.62. The molecule has 2 N–H and O–H groups in total. The lowest BCUT2D eigenvalue weighted by Crippen LogP contribution is -2.13. The number of fused-ring (bicyclic) bond motifs is 1. The topological polar surface area (TPSA) is 78.1 Å². The number of halogens is 1. The van der Waals surface area contributed by atoms with Crippen LogP contribution in [0.25, 0.3) is 22.2 Å². The van der Waals surface area contributed by atoms with E-state index >= 15 is 0 Å². The molecule has 8 heteroatoms. The van der Waals surface area contributed by atoms with Gasteiger partial charge in [0.15, 0.2) is 0 Å². The number of anilines is 2. The standard InChI is InChI=1S/C21H19FN4O2S/c1-26(2)16-5-3-4-14(12-16)18-13-24-21-20(18)19(10-11-23-21)25-29(27,28)17-8-6-15(22)7-9-17/h3-13H,1-2H3,(H2,23,24,25). The van der Waals surface area contributed by atoms with Gasteiger partial charge in [-0.3, -0.25) is 4.72 Å². The molecule has 4 rings (SSSR count). The van der Waals surface area contributed by atoms with Gasteiger partial charge in [0, 0.05) is 37.7 Å². The molecule has 2 heterocycles. The van der Waals surface area contributed by atoms with Gasteiger partial charge in [-0.15, -0.1) is 0 Å². The van der Waals surface area contributed by atoms with E-state index < -0.39 is 15.8 Å². The fourth-order valence-electron chi connectivity index (χ4n) is 3.14. The molecule has 6 nitrogen and oxygen atoms in total. The van der Waals surface area contributed by atoms with Crippen LogP contribution in [0, 0.1) is 5.82 Å². The highest BCUT2D eigenvalue weighted by atomic mass is 32.2. The summed E-state index contributed by atoms with van der Waals surface area (Å²) in [5.41, 5.74) is 3.74. The maximum Gasteiger partial charge on any atom is 0.261 e. The van der Waals surface area contributed by atoms with E-state index in [0.717, 1.165) is 28.9 Å². The van der Waals surface area contributed by atoms with Gasteiger partial charge in [-0.25, -0.2) is 17.8 Å². The van der Waals surface area contributed by atoms with Gasteiger partial charge in [0.2, 0.25) is 0 Å². The van der Waals surface area contributed by atoms with Gasteiger partial charge in [0.1, 0.15) is 11.5 Å². The molecule has 0 atom stereocenters. The molecule has 2 aromatic heterocycles. The molecule has 0 radical (unpaired) electrons. The van der Waals surface area contributed by atoms with Crippen LogP contribution in [-0.4, -0.2) is 32.5 Å². The summed E-state index contributed by atoms with van der Waals surface area (Å²) < 4.78 is 41.4. The van der Waals surface area contributed by atoms with Crippen LogP contribution in [0.4, 0.5) is 15.8 Å². The minimum Gasteiger partial charge on any atom is -0.378 e. The van der Waals surface area contributed by atoms with Crippen LogP contribution in [0.5, 0.6) is 0 Å². The molecule has 148 valence electrons. The van der Waals surface area contributed by atoms with Crippen molar-refractivity contribution in [2.45, 2.75) is 4.90 Å². The molecule has 0 aliphatic carbocycles. The summed E-state index contributed by atoms with van der Waals surface area (Å²) in [6, 6.07) is 14.2. The van der Waals surface area contributed by atoms with Crippen LogP contribution >= 0.6 is 0 Å². The van der Waals surface area contributed by atoms with E-state index in [1.54, 1.807) is 6.07 Å². The number of benzene rings is 2. The second-order valence-electron chi connectivity index (χ2n) is 6.79. The SMILES string of the molecule is CN(C)c1cccc(-c2c[nH]c3nccc(NS(=O)(=O)c4ccc(F)cc4)c23)c1. The summed E-state index contributed by atoms with van der Waals surface area (Å²) >= 11 is 0. The molecule has 29 heavy (non-hydrogen) atoms. The Hall–Kier alpha value is -3.39. The smallest absolute Gasteiger partial charge is 0.261 e. The van der Waals surface area contributed by atoms with Crippen molar-refractivity contribution < 1.29 is 12.8 Å². The lowest BCUT2D eigenvalue weighted by molar-refractivity contribution is 0.599. The number of pyridine rings is 1. The quantitative estimate of drug-likeness (QED) is 0.516. The number of hydrogen-bond donors (Lipinski definition) is 2. The lowest BCUT2D eigenvalue weighted by Gasteiger charge is -2.14. The molecule has 0 unspecified atom stereocenters. The fourth-order valence-corrected chi connectivity index (χ4v) is 4.21. The van der Waals surface area contributed by atoms with Crippen molar-refractivity contribution in [1.82, 2.24) is 9.97 Å². The van der Waals surface area contributed by atoms with Gasteiger partial charge in [-0.1, -0.05) is 12.1 Å².